The van der Waals surface area contributed by atoms with Crippen LogP contribution in [0.4, 0.5) is 13.2 Å². The number of rotatable bonds is 4. The van der Waals surface area contributed by atoms with E-state index < -0.39 is 11.9 Å². The van der Waals surface area contributed by atoms with Crippen molar-refractivity contribution < 1.29 is 13.2 Å². The maximum absolute atomic E-state index is 12.5. The Kier molecular flexibility index (Phi) is 4.33. The molecule has 0 radical (unpaired) electrons. The van der Waals surface area contributed by atoms with Crippen molar-refractivity contribution in [1.29, 1.82) is 0 Å². The number of alkyl halides is 3. The van der Waals surface area contributed by atoms with E-state index in [0.717, 1.165) is 24.8 Å². The SMILES string of the molecule is CCCC(CC)c1ccnc(C(F)(F)F)c1. The second-order valence-electron chi connectivity index (χ2n) is 3.87. The molecular formula is C12H16F3N. The largest absolute Gasteiger partial charge is 0.433 e. The highest BCUT2D eigenvalue weighted by Crippen LogP contribution is 2.31. The van der Waals surface area contributed by atoms with E-state index in [1.165, 1.54) is 12.3 Å². The third-order valence-electron chi connectivity index (χ3n) is 2.68. The maximum Gasteiger partial charge on any atom is 0.433 e. The highest BCUT2D eigenvalue weighted by atomic mass is 19.4. The van der Waals surface area contributed by atoms with Gasteiger partial charge in [-0.25, -0.2) is 0 Å². The monoisotopic (exact) mass is 231 g/mol. The number of aromatic nitrogens is 1. The van der Waals surface area contributed by atoms with Gasteiger partial charge in [0.15, 0.2) is 0 Å². The normalized spacial score (nSPS) is 13.8. The average Bonchev–Trinajstić information content (AvgIpc) is 2.25. The molecule has 1 rings (SSSR count). The van der Waals surface area contributed by atoms with Crippen molar-refractivity contribution in [1.82, 2.24) is 4.98 Å². The first-order valence-electron chi connectivity index (χ1n) is 5.52. The fourth-order valence-corrected chi connectivity index (χ4v) is 1.81. The van der Waals surface area contributed by atoms with Gasteiger partial charge in [-0.1, -0.05) is 20.3 Å². The lowest BCUT2D eigenvalue weighted by Crippen LogP contribution is -2.09. The highest BCUT2D eigenvalue weighted by Gasteiger charge is 2.32. The van der Waals surface area contributed by atoms with Crippen molar-refractivity contribution in [3.63, 3.8) is 0 Å². The fraction of sp³-hybridized carbons (Fsp3) is 0.583. The van der Waals surface area contributed by atoms with Gasteiger partial charge in [-0.15, -0.1) is 0 Å². The van der Waals surface area contributed by atoms with E-state index in [0.29, 0.717) is 0 Å². The molecule has 16 heavy (non-hydrogen) atoms. The summed E-state index contributed by atoms with van der Waals surface area (Å²) in [5, 5.41) is 0. The minimum atomic E-state index is -4.35. The summed E-state index contributed by atoms with van der Waals surface area (Å²) in [6.07, 6.45) is -0.355. The predicted molar refractivity (Wildman–Crippen MR) is 57.2 cm³/mol. The van der Waals surface area contributed by atoms with Gasteiger partial charge in [-0.05, 0) is 36.5 Å². The van der Waals surface area contributed by atoms with Gasteiger partial charge in [-0.2, -0.15) is 13.2 Å². The second-order valence-corrected chi connectivity index (χ2v) is 3.87. The molecular weight excluding hydrogens is 215 g/mol. The number of hydrogen-bond acceptors (Lipinski definition) is 1. The van der Waals surface area contributed by atoms with E-state index in [2.05, 4.69) is 4.98 Å². The first-order chi connectivity index (χ1) is 7.49. The predicted octanol–water partition coefficient (Wildman–Crippen LogP) is 4.39. The molecule has 0 aromatic carbocycles. The Labute approximate surface area is 93.7 Å². The van der Waals surface area contributed by atoms with Crippen LogP contribution in [-0.4, -0.2) is 4.98 Å². The molecule has 0 fully saturated rings. The minimum absolute atomic E-state index is 0.203. The van der Waals surface area contributed by atoms with E-state index in [4.69, 9.17) is 0 Å². The van der Waals surface area contributed by atoms with Crippen molar-refractivity contribution in [2.45, 2.75) is 45.2 Å². The molecule has 1 heterocycles. The lowest BCUT2D eigenvalue weighted by Gasteiger charge is -2.15. The van der Waals surface area contributed by atoms with Crippen molar-refractivity contribution in [3.05, 3.63) is 29.6 Å². The zero-order chi connectivity index (χ0) is 12.2. The molecule has 0 aliphatic carbocycles. The van der Waals surface area contributed by atoms with Gasteiger partial charge >= 0.3 is 6.18 Å². The molecule has 0 bridgehead atoms. The third kappa shape index (κ3) is 3.22. The molecule has 0 aliphatic rings. The van der Waals surface area contributed by atoms with Crippen LogP contribution in [0.15, 0.2) is 18.3 Å². The van der Waals surface area contributed by atoms with Crippen LogP contribution in [0.25, 0.3) is 0 Å². The van der Waals surface area contributed by atoms with E-state index >= 15 is 0 Å². The van der Waals surface area contributed by atoms with E-state index in [9.17, 15) is 13.2 Å². The third-order valence-corrected chi connectivity index (χ3v) is 2.68. The number of halogens is 3. The standard InChI is InChI=1S/C12H16F3N/c1-3-5-9(4-2)10-6-7-16-11(8-10)12(13,14)15/h6-9H,3-5H2,1-2H3. The molecule has 1 unspecified atom stereocenters. The Morgan fingerprint density at radius 1 is 1.31 bits per heavy atom. The van der Waals surface area contributed by atoms with Gasteiger partial charge in [0, 0.05) is 6.20 Å². The fourth-order valence-electron chi connectivity index (χ4n) is 1.81. The zero-order valence-corrected chi connectivity index (χ0v) is 9.51. The Balaban J connectivity index is 2.97. The first-order valence-corrected chi connectivity index (χ1v) is 5.52. The van der Waals surface area contributed by atoms with E-state index in [1.807, 2.05) is 13.8 Å². The Bertz CT molecular complexity index is 333. The molecule has 1 nitrogen and oxygen atoms in total. The molecule has 0 spiro atoms. The van der Waals surface area contributed by atoms with E-state index in [-0.39, 0.29) is 5.92 Å². The summed E-state index contributed by atoms with van der Waals surface area (Å²) in [5.74, 6) is 0.203. The molecule has 0 aliphatic heterocycles. The maximum atomic E-state index is 12.5. The van der Waals surface area contributed by atoms with Crippen LogP contribution in [0.5, 0.6) is 0 Å². The molecule has 90 valence electrons. The van der Waals surface area contributed by atoms with Gasteiger partial charge in [0.05, 0.1) is 0 Å². The Morgan fingerprint density at radius 2 is 2.00 bits per heavy atom. The summed E-state index contributed by atoms with van der Waals surface area (Å²) >= 11 is 0. The smallest absolute Gasteiger partial charge is 0.252 e. The summed E-state index contributed by atoms with van der Waals surface area (Å²) in [6.45, 7) is 4.03. The lowest BCUT2D eigenvalue weighted by molar-refractivity contribution is -0.141. The zero-order valence-electron chi connectivity index (χ0n) is 9.51. The van der Waals surface area contributed by atoms with Crippen LogP contribution in [-0.2, 0) is 6.18 Å². The average molecular weight is 231 g/mol. The van der Waals surface area contributed by atoms with Crippen LogP contribution in [0.2, 0.25) is 0 Å². The van der Waals surface area contributed by atoms with Crippen LogP contribution < -0.4 is 0 Å². The van der Waals surface area contributed by atoms with Crippen molar-refractivity contribution in [3.8, 4) is 0 Å². The topological polar surface area (TPSA) is 12.9 Å². The van der Waals surface area contributed by atoms with E-state index in [1.54, 1.807) is 6.07 Å². The summed E-state index contributed by atoms with van der Waals surface area (Å²) in [7, 11) is 0. The number of hydrogen-bond donors (Lipinski definition) is 0. The van der Waals surface area contributed by atoms with Gasteiger partial charge in [0.2, 0.25) is 0 Å². The summed E-state index contributed by atoms with van der Waals surface area (Å²) < 4.78 is 37.4. The molecule has 1 aromatic rings. The summed E-state index contributed by atoms with van der Waals surface area (Å²) in [5.41, 5.74) is -0.0498. The van der Waals surface area contributed by atoms with Crippen LogP contribution in [0.3, 0.4) is 0 Å². The Morgan fingerprint density at radius 3 is 2.50 bits per heavy atom. The van der Waals surface area contributed by atoms with Crippen LogP contribution in [0, 0.1) is 0 Å². The minimum Gasteiger partial charge on any atom is -0.252 e. The van der Waals surface area contributed by atoms with Gasteiger partial charge in [0.25, 0.3) is 0 Å². The quantitative estimate of drug-likeness (QED) is 0.748. The molecule has 1 atom stereocenters. The van der Waals surface area contributed by atoms with Crippen molar-refractivity contribution >= 4 is 0 Å². The van der Waals surface area contributed by atoms with Gasteiger partial charge in [-0.3, -0.25) is 4.98 Å². The molecule has 0 N–H and O–H groups in total. The van der Waals surface area contributed by atoms with Crippen molar-refractivity contribution in [2.75, 3.05) is 0 Å². The lowest BCUT2D eigenvalue weighted by atomic mass is 9.92. The molecule has 0 amide bonds. The number of pyridine rings is 1. The second kappa shape index (κ2) is 5.32. The molecule has 0 saturated carbocycles. The summed E-state index contributed by atoms with van der Waals surface area (Å²) in [6, 6.07) is 2.85. The molecule has 4 heteroatoms. The van der Waals surface area contributed by atoms with Gasteiger partial charge in [0.1, 0.15) is 5.69 Å². The summed E-state index contributed by atoms with van der Waals surface area (Å²) in [4.78, 5) is 3.36. The first kappa shape index (κ1) is 13.0. The number of nitrogens with zero attached hydrogens (tertiary/aromatic N) is 1. The highest BCUT2D eigenvalue weighted by molar-refractivity contribution is 5.22. The Hall–Kier alpha value is -1.06. The van der Waals surface area contributed by atoms with Crippen molar-refractivity contribution in [2.24, 2.45) is 0 Å². The van der Waals surface area contributed by atoms with Gasteiger partial charge < -0.3 is 0 Å². The molecule has 1 aromatic heterocycles. The van der Waals surface area contributed by atoms with Crippen LogP contribution in [0.1, 0.15) is 50.3 Å². The van der Waals surface area contributed by atoms with Crippen LogP contribution >= 0.6 is 0 Å². The molecule has 0 saturated heterocycles.